The molecule has 0 aromatic rings. The maximum atomic E-state index is 13.5. The van der Waals surface area contributed by atoms with E-state index in [1.54, 1.807) is 0 Å². The molecular weight excluding hydrogens is 547 g/mol. The van der Waals surface area contributed by atoms with Crippen molar-refractivity contribution in [2.45, 2.75) is 60.5 Å². The van der Waals surface area contributed by atoms with Crippen molar-refractivity contribution in [1.82, 2.24) is 0 Å². The zero-order valence-corrected chi connectivity index (χ0v) is 15.4. The molecule has 0 aromatic heterocycles. The molecule has 0 aliphatic carbocycles. The molecule has 1 N–H and O–H groups in total. The lowest BCUT2D eigenvalue weighted by Crippen LogP contribution is -2.74. The van der Waals surface area contributed by atoms with Crippen molar-refractivity contribution in [2.24, 2.45) is 0 Å². The zero-order chi connectivity index (χ0) is 27.3. The number of alkyl halides is 17. The molecule has 20 heteroatoms. The van der Waals surface area contributed by atoms with Gasteiger partial charge >= 0.3 is 53.6 Å². The molecule has 196 valence electrons. The largest absolute Gasteiger partial charge is 0.478 e. The van der Waals surface area contributed by atoms with Crippen LogP contribution in [-0.2, 0) is 4.79 Å². The van der Waals surface area contributed by atoms with Gasteiger partial charge in [0.2, 0.25) is 0 Å². The third kappa shape index (κ3) is 4.52. The lowest BCUT2D eigenvalue weighted by atomic mass is 9.87. The van der Waals surface area contributed by atoms with E-state index in [1.807, 2.05) is 0 Å². The number of rotatable bonds is 10. The number of carboxylic acid groups (broad SMARTS) is 1. The van der Waals surface area contributed by atoms with Crippen LogP contribution in [0.3, 0.4) is 0 Å². The molecule has 0 bridgehead atoms. The van der Waals surface area contributed by atoms with E-state index in [0.717, 1.165) is 0 Å². The second kappa shape index (κ2) is 8.51. The highest BCUT2D eigenvalue weighted by Gasteiger charge is 2.95. The molecule has 0 rings (SSSR count). The fourth-order valence-electron chi connectivity index (χ4n) is 1.85. The summed E-state index contributed by atoms with van der Waals surface area (Å²) in [5, 5.41) is 8.40. The third-order valence-corrected chi connectivity index (χ3v) is 4.17. The fourth-order valence-corrected chi connectivity index (χ4v) is 2.06. The molecule has 0 amide bonds. The number of hydrogen-bond acceptors (Lipinski definition) is 1. The Morgan fingerprint density at radius 3 is 1.18 bits per heavy atom. The van der Waals surface area contributed by atoms with E-state index in [-0.39, 0.29) is 5.54 Å². The van der Waals surface area contributed by atoms with E-state index < -0.39 is 72.0 Å². The molecule has 0 saturated carbocycles. The molecule has 0 aliphatic heterocycles. The lowest BCUT2D eigenvalue weighted by molar-refractivity contribution is -0.461. The van der Waals surface area contributed by atoms with Crippen LogP contribution in [0.25, 0.3) is 0 Å². The average molecular weight is 553 g/mol. The standard InChI is InChI=1S/C13H6ClF17O2/c14-3-4(5(32)33)1-2-6(15,16)7(17,18)8(19,20)9(21,22)10(23,24)11(25,26)12(27,28)13(29,30)31/h3H,1-2H2,(H,32,33). The van der Waals surface area contributed by atoms with Crippen molar-refractivity contribution >= 4 is 17.6 Å². The Balaban J connectivity index is 6.56. The minimum atomic E-state index is -8.70. The first-order chi connectivity index (χ1) is 14.1. The number of aliphatic carboxylic acids is 1. The molecule has 0 spiro atoms. The van der Waals surface area contributed by atoms with Gasteiger partial charge in [0.15, 0.2) is 0 Å². The van der Waals surface area contributed by atoms with Gasteiger partial charge in [0.05, 0.1) is 0 Å². The summed E-state index contributed by atoms with van der Waals surface area (Å²) >= 11 is 4.77. The molecule has 0 aromatic carbocycles. The van der Waals surface area contributed by atoms with Crippen LogP contribution in [0.15, 0.2) is 11.1 Å². The van der Waals surface area contributed by atoms with Crippen molar-refractivity contribution in [3.8, 4) is 0 Å². The third-order valence-electron chi connectivity index (χ3n) is 3.90. The van der Waals surface area contributed by atoms with Gasteiger partial charge in [-0.15, -0.1) is 0 Å². The Labute approximate surface area is 175 Å². The molecule has 0 heterocycles. The molecule has 0 saturated heterocycles. The van der Waals surface area contributed by atoms with E-state index in [4.69, 9.17) is 16.7 Å². The Morgan fingerprint density at radius 2 is 0.909 bits per heavy atom. The minimum absolute atomic E-state index is 0.1000. The maximum Gasteiger partial charge on any atom is 0.460 e. The van der Waals surface area contributed by atoms with Gasteiger partial charge in [0, 0.05) is 17.5 Å². The summed E-state index contributed by atoms with van der Waals surface area (Å²) in [4.78, 5) is 10.5. The van der Waals surface area contributed by atoms with Gasteiger partial charge in [-0.1, -0.05) is 11.6 Å². The summed E-state index contributed by atoms with van der Waals surface area (Å²) in [5.74, 6) is -59.3. The topological polar surface area (TPSA) is 37.3 Å². The highest BCUT2D eigenvalue weighted by Crippen LogP contribution is 2.64. The van der Waals surface area contributed by atoms with Crippen molar-refractivity contribution in [3.05, 3.63) is 11.1 Å². The summed E-state index contributed by atoms with van der Waals surface area (Å²) < 4.78 is 221. The average Bonchev–Trinajstić information content (AvgIpc) is 2.59. The molecule has 0 radical (unpaired) electrons. The molecule has 2 nitrogen and oxygen atoms in total. The van der Waals surface area contributed by atoms with E-state index in [0.29, 0.717) is 0 Å². The van der Waals surface area contributed by atoms with Gasteiger partial charge in [0.25, 0.3) is 0 Å². The monoisotopic (exact) mass is 552 g/mol. The predicted molar refractivity (Wildman–Crippen MR) is 71.5 cm³/mol. The van der Waals surface area contributed by atoms with E-state index in [1.165, 1.54) is 0 Å². The minimum Gasteiger partial charge on any atom is -0.478 e. The Kier molecular flexibility index (Phi) is 8.08. The molecule has 0 unspecified atom stereocenters. The van der Waals surface area contributed by atoms with Gasteiger partial charge in [-0.2, -0.15) is 74.6 Å². The van der Waals surface area contributed by atoms with E-state index in [2.05, 4.69) is 0 Å². The van der Waals surface area contributed by atoms with Crippen molar-refractivity contribution in [3.63, 3.8) is 0 Å². The van der Waals surface area contributed by atoms with Crippen LogP contribution in [0.1, 0.15) is 12.8 Å². The number of carbonyl (C=O) groups is 1. The van der Waals surface area contributed by atoms with Crippen molar-refractivity contribution < 1.29 is 84.5 Å². The Hall–Kier alpha value is -1.69. The quantitative estimate of drug-likeness (QED) is 0.235. The molecule has 0 fully saturated rings. The highest BCUT2D eigenvalue weighted by molar-refractivity contribution is 6.27. The Bertz CT molecular complexity index is 767. The van der Waals surface area contributed by atoms with Gasteiger partial charge in [0.1, 0.15) is 0 Å². The summed E-state index contributed by atoms with van der Waals surface area (Å²) in [6, 6.07) is 0. The van der Waals surface area contributed by atoms with Crippen LogP contribution >= 0.6 is 11.6 Å². The molecule has 33 heavy (non-hydrogen) atoms. The van der Waals surface area contributed by atoms with E-state index in [9.17, 15) is 79.4 Å². The smallest absolute Gasteiger partial charge is 0.460 e. The van der Waals surface area contributed by atoms with Crippen LogP contribution in [0.4, 0.5) is 74.6 Å². The van der Waals surface area contributed by atoms with Crippen LogP contribution in [0.2, 0.25) is 0 Å². The van der Waals surface area contributed by atoms with Gasteiger partial charge in [-0.3, -0.25) is 0 Å². The second-order valence-electron chi connectivity index (χ2n) is 6.09. The Morgan fingerprint density at radius 1 is 0.606 bits per heavy atom. The SMILES string of the molecule is O=C(O)C(=CCl)CCC(F)(F)C(F)(F)C(F)(F)C(F)(F)C(F)(F)C(F)(F)C(F)(F)C(F)(F)F. The van der Waals surface area contributed by atoms with Crippen molar-refractivity contribution in [2.75, 3.05) is 0 Å². The number of halogens is 18. The second-order valence-corrected chi connectivity index (χ2v) is 6.31. The van der Waals surface area contributed by atoms with Gasteiger partial charge in [-0.25, -0.2) is 4.79 Å². The summed E-state index contributed by atoms with van der Waals surface area (Å²) in [6.45, 7) is 0. The molecule has 0 aliphatic rings. The highest BCUT2D eigenvalue weighted by atomic mass is 35.5. The number of carboxylic acids is 1. The summed E-state index contributed by atoms with van der Waals surface area (Å²) in [5.41, 5.74) is -1.55. The fraction of sp³-hybridized carbons (Fsp3) is 0.769. The lowest BCUT2D eigenvalue weighted by Gasteiger charge is -2.42. The van der Waals surface area contributed by atoms with Gasteiger partial charge in [-0.05, 0) is 6.42 Å². The normalized spacial score (nSPS) is 16.2. The first kappa shape index (κ1) is 31.3. The predicted octanol–water partition coefficient (Wildman–Crippen LogP) is 6.98. The summed E-state index contributed by atoms with van der Waals surface area (Å²) in [7, 11) is 0. The van der Waals surface area contributed by atoms with Crippen molar-refractivity contribution in [1.29, 1.82) is 0 Å². The summed E-state index contributed by atoms with van der Waals surface area (Å²) in [6.07, 6.45) is -12.7. The van der Waals surface area contributed by atoms with Crippen LogP contribution in [0.5, 0.6) is 0 Å². The van der Waals surface area contributed by atoms with Crippen LogP contribution < -0.4 is 0 Å². The first-order valence-electron chi connectivity index (χ1n) is 7.35. The number of hydrogen-bond donors (Lipinski definition) is 1. The molecule has 0 atom stereocenters. The maximum absolute atomic E-state index is 13.5. The molecular formula is C13H6ClF17O2. The van der Waals surface area contributed by atoms with E-state index >= 15 is 0 Å². The van der Waals surface area contributed by atoms with Crippen LogP contribution in [-0.4, -0.2) is 58.7 Å². The zero-order valence-electron chi connectivity index (χ0n) is 14.7. The first-order valence-corrected chi connectivity index (χ1v) is 7.79. The van der Waals surface area contributed by atoms with Gasteiger partial charge < -0.3 is 5.11 Å². The van der Waals surface area contributed by atoms with Crippen LogP contribution in [0, 0.1) is 0 Å².